The third-order valence-corrected chi connectivity index (χ3v) is 8.82. The molecule has 0 spiro atoms. The van der Waals surface area contributed by atoms with Crippen molar-refractivity contribution in [1.82, 2.24) is 24.4 Å². The van der Waals surface area contributed by atoms with Gasteiger partial charge in [-0.2, -0.15) is 4.98 Å². The van der Waals surface area contributed by atoms with Crippen LogP contribution in [-0.2, 0) is 19.3 Å². The number of pyridine rings is 1. The van der Waals surface area contributed by atoms with Crippen molar-refractivity contribution in [2.24, 2.45) is 0 Å². The highest BCUT2D eigenvalue weighted by atomic mass is 32.1. The van der Waals surface area contributed by atoms with Gasteiger partial charge in [-0.15, -0.1) is 11.3 Å². The Kier molecular flexibility index (Phi) is 7.23. The molecule has 0 unspecified atom stereocenters. The smallest absolute Gasteiger partial charge is 0.262 e. The fourth-order valence-electron chi connectivity index (χ4n) is 5.86. The summed E-state index contributed by atoms with van der Waals surface area (Å²) < 4.78 is 1.82. The van der Waals surface area contributed by atoms with Crippen molar-refractivity contribution in [3.05, 3.63) is 98.9 Å². The molecule has 10 heteroatoms. The van der Waals surface area contributed by atoms with Gasteiger partial charge >= 0.3 is 0 Å². The summed E-state index contributed by atoms with van der Waals surface area (Å²) >= 11 is 1.29. The van der Waals surface area contributed by atoms with E-state index in [1.807, 2.05) is 22.8 Å². The molecular formula is C32H31N7O2S. The molecule has 1 fully saturated rings. The average molecular weight is 578 g/mol. The number of hydrogen-bond donors (Lipinski definition) is 2. The summed E-state index contributed by atoms with van der Waals surface area (Å²) in [4.78, 5) is 42.6. The Balaban J connectivity index is 1.22. The van der Waals surface area contributed by atoms with E-state index < -0.39 is 11.3 Å². The maximum absolute atomic E-state index is 13.5. The third kappa shape index (κ3) is 5.43. The Morgan fingerprint density at radius 3 is 2.62 bits per heavy atom. The van der Waals surface area contributed by atoms with E-state index in [0.29, 0.717) is 16.7 Å². The first-order valence-electron chi connectivity index (χ1n) is 14.4. The van der Waals surface area contributed by atoms with Crippen LogP contribution in [0, 0.1) is 0 Å². The molecule has 0 bridgehead atoms. The average Bonchev–Trinajstić information content (AvgIpc) is 3.80. The zero-order chi connectivity index (χ0) is 28.5. The number of anilines is 3. The van der Waals surface area contributed by atoms with Crippen molar-refractivity contribution >= 4 is 45.0 Å². The molecule has 7 rings (SSSR count). The molecule has 4 heterocycles. The van der Waals surface area contributed by atoms with Crippen LogP contribution in [0.1, 0.15) is 46.3 Å². The fraction of sp³-hybridized carbons (Fsp3) is 0.281. The van der Waals surface area contributed by atoms with Gasteiger partial charge < -0.3 is 14.8 Å². The SMILES string of the molecule is O=C(Nc1nccs1)c1cn(-c2ccc3c(c2)CCC3)c2nc(Nc3ccc(CCN4CCCC4)cc3)ncc2c1=O. The number of thiazole rings is 1. The molecule has 2 aromatic carbocycles. The molecule has 1 aliphatic heterocycles. The highest BCUT2D eigenvalue weighted by molar-refractivity contribution is 7.13. The van der Waals surface area contributed by atoms with E-state index in [0.717, 1.165) is 43.6 Å². The van der Waals surface area contributed by atoms with Crippen molar-refractivity contribution in [3.63, 3.8) is 0 Å². The molecule has 3 aromatic heterocycles. The number of hydrogen-bond acceptors (Lipinski definition) is 8. The lowest BCUT2D eigenvalue weighted by Gasteiger charge is -2.15. The van der Waals surface area contributed by atoms with Crippen LogP contribution in [0.3, 0.4) is 0 Å². The van der Waals surface area contributed by atoms with Crippen molar-refractivity contribution < 1.29 is 4.79 Å². The molecule has 0 saturated carbocycles. The van der Waals surface area contributed by atoms with Crippen LogP contribution >= 0.6 is 11.3 Å². The predicted molar refractivity (Wildman–Crippen MR) is 166 cm³/mol. The van der Waals surface area contributed by atoms with Crippen LogP contribution in [0.2, 0.25) is 0 Å². The molecule has 5 aromatic rings. The lowest BCUT2D eigenvalue weighted by atomic mass is 10.1. The zero-order valence-corrected chi connectivity index (χ0v) is 24.0. The maximum atomic E-state index is 13.5. The van der Waals surface area contributed by atoms with E-state index in [2.05, 4.69) is 49.8 Å². The molecule has 1 saturated heterocycles. The molecule has 0 atom stereocenters. The first-order valence-corrected chi connectivity index (χ1v) is 15.3. The number of likely N-dealkylation sites (tertiary alicyclic amines) is 1. The van der Waals surface area contributed by atoms with Crippen molar-refractivity contribution in [3.8, 4) is 5.69 Å². The standard InChI is InChI=1S/C32H31N7O2S/c40-28-26-19-34-31(35-24-9-6-21(7-10-24)12-16-38-14-1-2-15-38)36-29(26)39(25-11-8-22-4-3-5-23(22)18-25)20-27(28)30(41)37-32-33-13-17-42-32/h6-11,13,17-20H,1-5,12,14-16H2,(H,33,37,41)(H,34,35,36). The summed E-state index contributed by atoms with van der Waals surface area (Å²) in [6, 6.07) is 14.6. The summed E-state index contributed by atoms with van der Waals surface area (Å²) in [6.45, 7) is 3.49. The van der Waals surface area contributed by atoms with E-state index in [-0.39, 0.29) is 10.9 Å². The third-order valence-electron chi connectivity index (χ3n) is 8.13. The number of fused-ring (bicyclic) bond motifs is 2. The van der Waals surface area contributed by atoms with E-state index in [1.165, 1.54) is 60.2 Å². The minimum Gasteiger partial charge on any atom is -0.324 e. The molecule has 1 aliphatic carbocycles. The molecule has 1 amide bonds. The van der Waals surface area contributed by atoms with Gasteiger partial charge in [-0.3, -0.25) is 14.9 Å². The number of rotatable bonds is 8. The Morgan fingerprint density at radius 1 is 0.976 bits per heavy atom. The molecule has 0 radical (unpaired) electrons. The van der Waals surface area contributed by atoms with E-state index >= 15 is 0 Å². The zero-order valence-electron chi connectivity index (χ0n) is 23.2. The van der Waals surface area contributed by atoms with Crippen LogP contribution in [0.25, 0.3) is 16.7 Å². The van der Waals surface area contributed by atoms with Gasteiger partial charge in [0.25, 0.3) is 5.91 Å². The summed E-state index contributed by atoms with van der Waals surface area (Å²) in [7, 11) is 0. The van der Waals surface area contributed by atoms with Crippen molar-refractivity contribution in [2.45, 2.75) is 38.5 Å². The molecule has 2 aliphatic rings. The monoisotopic (exact) mass is 577 g/mol. The highest BCUT2D eigenvalue weighted by Gasteiger charge is 2.20. The Bertz CT molecular complexity index is 1810. The van der Waals surface area contributed by atoms with Crippen LogP contribution < -0.4 is 16.1 Å². The second-order valence-electron chi connectivity index (χ2n) is 10.9. The number of aryl methyl sites for hydroxylation is 2. The lowest BCUT2D eigenvalue weighted by molar-refractivity contribution is 0.102. The number of amides is 1. The normalized spacial score (nSPS) is 14.8. The van der Waals surface area contributed by atoms with Gasteiger partial charge in [-0.1, -0.05) is 18.2 Å². The number of carbonyl (C=O) groups is 1. The minimum atomic E-state index is -0.515. The minimum absolute atomic E-state index is 0.00651. The second kappa shape index (κ2) is 11.5. The van der Waals surface area contributed by atoms with Crippen molar-refractivity contribution in [2.75, 3.05) is 30.3 Å². The quantitative estimate of drug-likeness (QED) is 0.256. The largest absolute Gasteiger partial charge is 0.324 e. The molecule has 9 nitrogen and oxygen atoms in total. The lowest BCUT2D eigenvalue weighted by Crippen LogP contribution is -2.24. The number of benzene rings is 2. The first-order chi connectivity index (χ1) is 20.6. The number of carbonyl (C=O) groups excluding carboxylic acids is 1. The van der Waals surface area contributed by atoms with Gasteiger partial charge in [0, 0.05) is 41.9 Å². The Hall–Kier alpha value is -4.41. The number of nitrogens with one attached hydrogen (secondary N) is 2. The van der Waals surface area contributed by atoms with Gasteiger partial charge in [0.1, 0.15) is 5.56 Å². The fourth-order valence-corrected chi connectivity index (χ4v) is 6.39. The van der Waals surface area contributed by atoms with E-state index in [4.69, 9.17) is 4.98 Å². The summed E-state index contributed by atoms with van der Waals surface area (Å²) in [6.07, 6.45) is 11.5. The second-order valence-corrected chi connectivity index (χ2v) is 11.8. The molecule has 2 N–H and O–H groups in total. The predicted octanol–water partition coefficient (Wildman–Crippen LogP) is 5.36. The maximum Gasteiger partial charge on any atom is 0.262 e. The number of nitrogens with zero attached hydrogens (tertiary/aromatic N) is 5. The summed E-state index contributed by atoms with van der Waals surface area (Å²) in [5.74, 6) is -0.139. The van der Waals surface area contributed by atoms with Crippen LogP contribution in [0.5, 0.6) is 0 Å². The topological polar surface area (TPSA) is 105 Å². The van der Waals surface area contributed by atoms with Crippen LogP contribution in [0.15, 0.2) is 71.2 Å². The highest BCUT2D eigenvalue weighted by Crippen LogP contribution is 2.27. The van der Waals surface area contributed by atoms with E-state index in [9.17, 15) is 9.59 Å². The van der Waals surface area contributed by atoms with Gasteiger partial charge in [0.2, 0.25) is 11.4 Å². The van der Waals surface area contributed by atoms with Gasteiger partial charge in [0.15, 0.2) is 10.8 Å². The van der Waals surface area contributed by atoms with Crippen molar-refractivity contribution in [1.29, 1.82) is 0 Å². The molecular weight excluding hydrogens is 546 g/mol. The molecule has 212 valence electrons. The van der Waals surface area contributed by atoms with Gasteiger partial charge in [-0.25, -0.2) is 9.97 Å². The Morgan fingerprint density at radius 2 is 1.81 bits per heavy atom. The first kappa shape index (κ1) is 26.5. The van der Waals surface area contributed by atoms with Crippen LogP contribution in [-0.4, -0.2) is 50.0 Å². The van der Waals surface area contributed by atoms with Crippen LogP contribution in [0.4, 0.5) is 16.8 Å². The number of aromatic nitrogens is 4. The summed E-state index contributed by atoms with van der Waals surface area (Å²) in [5.41, 5.74) is 5.64. The summed E-state index contributed by atoms with van der Waals surface area (Å²) in [5, 5.41) is 8.50. The van der Waals surface area contributed by atoms with Gasteiger partial charge in [0.05, 0.1) is 5.39 Å². The Labute approximate surface area is 247 Å². The molecule has 42 heavy (non-hydrogen) atoms. The van der Waals surface area contributed by atoms with E-state index in [1.54, 1.807) is 17.8 Å². The van der Waals surface area contributed by atoms with Gasteiger partial charge in [-0.05, 0) is 92.6 Å².